The SMILES string of the molecule is Oc1cc2ccccc2cc1-c1nc2ccccc2o1. The van der Waals surface area contributed by atoms with Crippen LogP contribution in [0.15, 0.2) is 65.1 Å². The second kappa shape index (κ2) is 4.10. The Morgan fingerprint density at radius 3 is 2.35 bits per heavy atom. The van der Waals surface area contributed by atoms with Gasteiger partial charge in [-0.2, -0.15) is 0 Å². The van der Waals surface area contributed by atoms with Crippen LogP contribution < -0.4 is 0 Å². The third-order valence-corrected chi connectivity index (χ3v) is 3.39. The summed E-state index contributed by atoms with van der Waals surface area (Å²) < 4.78 is 5.71. The monoisotopic (exact) mass is 261 g/mol. The average Bonchev–Trinajstić information content (AvgIpc) is 2.90. The maximum atomic E-state index is 10.2. The Hall–Kier alpha value is -2.81. The van der Waals surface area contributed by atoms with E-state index in [1.165, 1.54) is 0 Å². The molecule has 0 aliphatic heterocycles. The van der Waals surface area contributed by atoms with Crippen molar-refractivity contribution in [1.29, 1.82) is 0 Å². The predicted octanol–water partition coefficient (Wildman–Crippen LogP) is 4.35. The molecule has 3 heteroatoms. The van der Waals surface area contributed by atoms with Crippen LogP contribution in [0.4, 0.5) is 0 Å². The number of benzene rings is 3. The zero-order valence-corrected chi connectivity index (χ0v) is 10.6. The van der Waals surface area contributed by atoms with E-state index in [9.17, 15) is 5.11 Å². The highest BCUT2D eigenvalue weighted by atomic mass is 16.3. The Labute approximate surface area is 115 Å². The molecule has 0 atom stereocenters. The van der Waals surface area contributed by atoms with E-state index >= 15 is 0 Å². The Kier molecular flexibility index (Phi) is 2.27. The summed E-state index contributed by atoms with van der Waals surface area (Å²) in [5, 5.41) is 12.2. The Balaban J connectivity index is 1.98. The first-order chi connectivity index (χ1) is 9.81. The lowest BCUT2D eigenvalue weighted by molar-refractivity contribution is 0.475. The van der Waals surface area contributed by atoms with Crippen LogP contribution in [0.3, 0.4) is 0 Å². The molecule has 0 aliphatic carbocycles. The van der Waals surface area contributed by atoms with Gasteiger partial charge in [-0.05, 0) is 35.0 Å². The summed E-state index contributed by atoms with van der Waals surface area (Å²) in [6, 6.07) is 19.1. The first-order valence-corrected chi connectivity index (χ1v) is 6.39. The molecule has 96 valence electrons. The summed E-state index contributed by atoms with van der Waals surface area (Å²) in [5.41, 5.74) is 2.12. The summed E-state index contributed by atoms with van der Waals surface area (Å²) in [7, 11) is 0. The van der Waals surface area contributed by atoms with E-state index in [1.807, 2.05) is 54.6 Å². The molecule has 1 heterocycles. The lowest BCUT2D eigenvalue weighted by atomic mass is 10.1. The zero-order chi connectivity index (χ0) is 13.5. The van der Waals surface area contributed by atoms with Crippen LogP contribution in [0.5, 0.6) is 5.75 Å². The van der Waals surface area contributed by atoms with Crippen molar-refractivity contribution in [2.24, 2.45) is 0 Å². The van der Waals surface area contributed by atoms with Crippen molar-refractivity contribution in [3.63, 3.8) is 0 Å². The number of para-hydroxylation sites is 2. The molecule has 0 bridgehead atoms. The van der Waals surface area contributed by atoms with Gasteiger partial charge in [-0.25, -0.2) is 4.98 Å². The van der Waals surface area contributed by atoms with E-state index in [0.717, 1.165) is 21.9 Å². The summed E-state index contributed by atoms with van der Waals surface area (Å²) in [5.74, 6) is 0.615. The highest BCUT2D eigenvalue weighted by Gasteiger charge is 2.12. The Morgan fingerprint density at radius 1 is 0.850 bits per heavy atom. The van der Waals surface area contributed by atoms with Crippen molar-refractivity contribution in [3.05, 3.63) is 60.7 Å². The van der Waals surface area contributed by atoms with Gasteiger partial charge in [0.25, 0.3) is 0 Å². The van der Waals surface area contributed by atoms with E-state index in [1.54, 1.807) is 6.07 Å². The Morgan fingerprint density at radius 2 is 1.55 bits per heavy atom. The third kappa shape index (κ3) is 1.64. The number of hydrogen-bond acceptors (Lipinski definition) is 3. The van der Waals surface area contributed by atoms with Gasteiger partial charge < -0.3 is 9.52 Å². The van der Waals surface area contributed by atoms with Gasteiger partial charge in [-0.1, -0.05) is 36.4 Å². The van der Waals surface area contributed by atoms with Crippen molar-refractivity contribution in [2.45, 2.75) is 0 Å². The first kappa shape index (κ1) is 11.1. The van der Waals surface area contributed by atoms with E-state index in [4.69, 9.17) is 4.42 Å². The number of oxazole rings is 1. The quantitative estimate of drug-likeness (QED) is 0.554. The normalized spacial score (nSPS) is 11.2. The van der Waals surface area contributed by atoms with Gasteiger partial charge in [0.15, 0.2) is 5.58 Å². The van der Waals surface area contributed by atoms with Gasteiger partial charge in [0.1, 0.15) is 11.3 Å². The molecule has 1 aromatic heterocycles. The van der Waals surface area contributed by atoms with Crippen LogP contribution in [0.2, 0.25) is 0 Å². The predicted molar refractivity (Wildman–Crippen MR) is 78.6 cm³/mol. The zero-order valence-electron chi connectivity index (χ0n) is 10.6. The van der Waals surface area contributed by atoms with Gasteiger partial charge in [0.2, 0.25) is 5.89 Å². The molecule has 0 saturated carbocycles. The van der Waals surface area contributed by atoms with Crippen LogP contribution >= 0.6 is 0 Å². The second-order valence-corrected chi connectivity index (χ2v) is 4.70. The molecule has 0 amide bonds. The molecule has 4 rings (SSSR count). The number of fused-ring (bicyclic) bond motifs is 2. The minimum absolute atomic E-state index is 0.176. The van der Waals surface area contributed by atoms with Crippen molar-refractivity contribution >= 4 is 21.9 Å². The summed E-state index contributed by atoms with van der Waals surface area (Å²) in [6.07, 6.45) is 0. The molecule has 1 N–H and O–H groups in total. The minimum atomic E-state index is 0.176. The van der Waals surface area contributed by atoms with Crippen molar-refractivity contribution in [3.8, 4) is 17.2 Å². The van der Waals surface area contributed by atoms with Crippen LogP contribution in [0, 0.1) is 0 Å². The number of aromatic nitrogens is 1. The fourth-order valence-electron chi connectivity index (χ4n) is 2.39. The van der Waals surface area contributed by atoms with E-state index in [2.05, 4.69) is 4.98 Å². The maximum absolute atomic E-state index is 10.2. The molecule has 0 spiro atoms. The molecule has 0 unspecified atom stereocenters. The van der Waals surface area contributed by atoms with Gasteiger partial charge in [-0.3, -0.25) is 0 Å². The van der Waals surface area contributed by atoms with E-state index < -0.39 is 0 Å². The molecule has 0 saturated heterocycles. The number of hydrogen-bond donors (Lipinski definition) is 1. The number of phenolic OH excluding ortho intramolecular Hbond substituents is 1. The topological polar surface area (TPSA) is 46.3 Å². The fraction of sp³-hybridized carbons (Fsp3) is 0. The Bertz CT molecular complexity index is 891. The van der Waals surface area contributed by atoms with Crippen LogP contribution in [0.25, 0.3) is 33.3 Å². The highest BCUT2D eigenvalue weighted by molar-refractivity contribution is 5.90. The van der Waals surface area contributed by atoms with E-state index in [0.29, 0.717) is 11.5 Å². The molecule has 0 radical (unpaired) electrons. The van der Waals surface area contributed by atoms with Gasteiger partial charge in [0, 0.05) is 0 Å². The number of aromatic hydroxyl groups is 1. The van der Waals surface area contributed by atoms with Crippen LogP contribution in [-0.4, -0.2) is 10.1 Å². The standard InChI is InChI=1S/C17H11NO2/c19-15-10-12-6-2-1-5-11(12)9-13(15)17-18-14-7-3-4-8-16(14)20-17/h1-10,19H. The van der Waals surface area contributed by atoms with Crippen molar-refractivity contribution in [2.75, 3.05) is 0 Å². The van der Waals surface area contributed by atoms with Crippen LogP contribution in [-0.2, 0) is 0 Å². The maximum Gasteiger partial charge on any atom is 0.231 e. The molecule has 4 aromatic rings. The number of nitrogens with zero attached hydrogens (tertiary/aromatic N) is 1. The van der Waals surface area contributed by atoms with E-state index in [-0.39, 0.29) is 5.75 Å². The lowest BCUT2D eigenvalue weighted by Gasteiger charge is -2.03. The largest absolute Gasteiger partial charge is 0.507 e. The fourth-order valence-corrected chi connectivity index (χ4v) is 2.39. The first-order valence-electron chi connectivity index (χ1n) is 6.39. The third-order valence-electron chi connectivity index (χ3n) is 3.39. The van der Waals surface area contributed by atoms with Gasteiger partial charge in [-0.15, -0.1) is 0 Å². The molecule has 0 fully saturated rings. The minimum Gasteiger partial charge on any atom is -0.507 e. The molecule has 3 aromatic carbocycles. The molecule has 20 heavy (non-hydrogen) atoms. The second-order valence-electron chi connectivity index (χ2n) is 4.70. The van der Waals surface area contributed by atoms with Crippen LogP contribution in [0.1, 0.15) is 0 Å². The summed E-state index contributed by atoms with van der Waals surface area (Å²) in [6.45, 7) is 0. The average molecular weight is 261 g/mol. The molecule has 3 nitrogen and oxygen atoms in total. The molecular weight excluding hydrogens is 250 g/mol. The molecule has 0 aliphatic rings. The highest BCUT2D eigenvalue weighted by Crippen LogP contribution is 2.34. The number of rotatable bonds is 1. The smallest absolute Gasteiger partial charge is 0.231 e. The lowest BCUT2D eigenvalue weighted by Crippen LogP contribution is -1.80. The van der Waals surface area contributed by atoms with Crippen molar-refractivity contribution < 1.29 is 9.52 Å². The summed E-state index contributed by atoms with van der Waals surface area (Å²) in [4.78, 5) is 4.42. The molecular formula is C17H11NO2. The van der Waals surface area contributed by atoms with Gasteiger partial charge in [0.05, 0.1) is 5.56 Å². The number of phenols is 1. The van der Waals surface area contributed by atoms with Crippen molar-refractivity contribution in [1.82, 2.24) is 4.98 Å². The van der Waals surface area contributed by atoms with Gasteiger partial charge >= 0.3 is 0 Å². The summed E-state index contributed by atoms with van der Waals surface area (Å²) >= 11 is 0.